The summed E-state index contributed by atoms with van der Waals surface area (Å²) >= 11 is 0. The summed E-state index contributed by atoms with van der Waals surface area (Å²) in [5.41, 5.74) is 2.95. The first-order valence-corrected chi connectivity index (χ1v) is 13.4. The number of hydrogen-bond acceptors (Lipinski definition) is 6. The fourth-order valence-electron chi connectivity index (χ4n) is 4.73. The zero-order valence-electron chi connectivity index (χ0n) is 23.0. The maximum atomic E-state index is 12.7. The molecule has 0 saturated carbocycles. The van der Waals surface area contributed by atoms with E-state index in [1.54, 1.807) is 14.2 Å². The van der Waals surface area contributed by atoms with Gasteiger partial charge in [-0.2, -0.15) is 5.10 Å². The van der Waals surface area contributed by atoms with E-state index in [9.17, 15) is 4.79 Å². The van der Waals surface area contributed by atoms with E-state index in [1.165, 1.54) is 0 Å². The van der Waals surface area contributed by atoms with Gasteiger partial charge in [0.2, 0.25) is 5.91 Å². The first-order valence-electron chi connectivity index (χ1n) is 13.4. The molecule has 0 atom stereocenters. The third-order valence-electron chi connectivity index (χ3n) is 6.81. The van der Waals surface area contributed by atoms with E-state index >= 15 is 0 Å². The van der Waals surface area contributed by atoms with Crippen LogP contribution in [0.3, 0.4) is 0 Å². The fourth-order valence-corrected chi connectivity index (χ4v) is 4.73. The Kier molecular flexibility index (Phi) is 9.65. The van der Waals surface area contributed by atoms with Crippen molar-refractivity contribution in [1.82, 2.24) is 20.0 Å². The van der Waals surface area contributed by atoms with Crippen LogP contribution in [0, 0.1) is 11.8 Å². The zero-order chi connectivity index (χ0) is 26.9. The largest absolute Gasteiger partial charge is 0.496 e. The Labute approximate surface area is 225 Å². The number of nitrogens with one attached hydrogen (secondary N) is 1. The molecule has 2 aromatic carbocycles. The van der Waals surface area contributed by atoms with Gasteiger partial charge in [-0.15, -0.1) is 0 Å². The van der Waals surface area contributed by atoms with Crippen LogP contribution in [0.15, 0.2) is 54.6 Å². The van der Waals surface area contributed by atoms with Crippen molar-refractivity contribution in [3.8, 4) is 22.9 Å². The second kappa shape index (κ2) is 13.3. The number of aromatic nitrogens is 2. The Hall–Kier alpha value is -3.52. The van der Waals surface area contributed by atoms with Crippen LogP contribution in [-0.2, 0) is 17.6 Å². The lowest BCUT2D eigenvalue weighted by atomic mass is 9.98. The molecule has 1 saturated heterocycles. The Morgan fingerprint density at radius 3 is 2.29 bits per heavy atom. The summed E-state index contributed by atoms with van der Waals surface area (Å²) < 4.78 is 18.7. The lowest BCUT2D eigenvalue weighted by molar-refractivity contribution is -0.121. The standard InChI is InChI=1S/C30H40N4O4/c1-22(2)14-26-15-24(32-34(26)25-8-6-5-7-9-25)16-30(35)31-21-33-12-10-23(11-13-33)20-38-29-18-27(36-3)17-28(19-29)37-4/h5-9,15,17-19,22-23H,10-14,16,20-21H2,1-4H3,(H,31,35). The summed E-state index contributed by atoms with van der Waals surface area (Å²) in [6.07, 6.45) is 3.24. The molecule has 4 rings (SSSR count). The van der Waals surface area contributed by atoms with Gasteiger partial charge in [0.15, 0.2) is 0 Å². The molecule has 2 heterocycles. The lowest BCUT2D eigenvalue weighted by Gasteiger charge is -2.31. The predicted molar refractivity (Wildman–Crippen MR) is 148 cm³/mol. The van der Waals surface area contributed by atoms with Crippen molar-refractivity contribution in [2.45, 2.75) is 39.5 Å². The van der Waals surface area contributed by atoms with E-state index in [0.717, 1.165) is 55.2 Å². The van der Waals surface area contributed by atoms with E-state index in [1.807, 2.05) is 53.2 Å². The van der Waals surface area contributed by atoms with Gasteiger partial charge >= 0.3 is 0 Å². The van der Waals surface area contributed by atoms with E-state index in [-0.39, 0.29) is 12.3 Å². The highest BCUT2D eigenvalue weighted by atomic mass is 16.5. The number of rotatable bonds is 12. The minimum absolute atomic E-state index is 0.00348. The highest BCUT2D eigenvalue weighted by molar-refractivity contribution is 5.78. The quantitative estimate of drug-likeness (QED) is 0.379. The van der Waals surface area contributed by atoms with Crippen LogP contribution < -0.4 is 19.5 Å². The Morgan fingerprint density at radius 2 is 1.66 bits per heavy atom. The number of benzene rings is 2. The first kappa shape index (κ1) is 27.5. The second-order valence-corrected chi connectivity index (χ2v) is 10.3. The van der Waals surface area contributed by atoms with Crippen molar-refractivity contribution < 1.29 is 19.0 Å². The van der Waals surface area contributed by atoms with Crippen molar-refractivity contribution in [3.63, 3.8) is 0 Å². The fraction of sp³-hybridized carbons (Fsp3) is 0.467. The van der Waals surface area contributed by atoms with Gasteiger partial charge in [-0.1, -0.05) is 32.0 Å². The predicted octanol–water partition coefficient (Wildman–Crippen LogP) is 4.50. The van der Waals surface area contributed by atoms with Crippen LogP contribution in [0.4, 0.5) is 0 Å². The maximum Gasteiger partial charge on any atom is 0.227 e. The van der Waals surface area contributed by atoms with Crippen molar-refractivity contribution in [1.29, 1.82) is 0 Å². The van der Waals surface area contributed by atoms with E-state index < -0.39 is 0 Å². The van der Waals surface area contributed by atoms with Crippen LogP contribution in [0.5, 0.6) is 17.2 Å². The van der Waals surface area contributed by atoms with Crippen LogP contribution in [0.2, 0.25) is 0 Å². The summed E-state index contributed by atoms with van der Waals surface area (Å²) in [4.78, 5) is 15.0. The molecule has 8 heteroatoms. The minimum atomic E-state index is -0.00348. The van der Waals surface area contributed by atoms with Gasteiger partial charge < -0.3 is 19.5 Å². The molecule has 1 aliphatic heterocycles. The smallest absolute Gasteiger partial charge is 0.227 e. The summed E-state index contributed by atoms with van der Waals surface area (Å²) in [6, 6.07) is 17.8. The molecular formula is C30H40N4O4. The molecule has 1 aromatic heterocycles. The Bertz CT molecular complexity index is 1150. The van der Waals surface area contributed by atoms with Gasteiger partial charge in [-0.25, -0.2) is 4.68 Å². The van der Waals surface area contributed by atoms with Crippen molar-refractivity contribution in [2.24, 2.45) is 11.8 Å². The average Bonchev–Trinajstić information content (AvgIpc) is 3.32. The maximum absolute atomic E-state index is 12.7. The van der Waals surface area contributed by atoms with Gasteiger partial charge in [0.05, 0.1) is 45.3 Å². The molecule has 1 amide bonds. The van der Waals surface area contributed by atoms with Gasteiger partial charge in [0.25, 0.3) is 0 Å². The number of amides is 1. The average molecular weight is 521 g/mol. The number of piperidine rings is 1. The zero-order valence-corrected chi connectivity index (χ0v) is 23.0. The molecule has 38 heavy (non-hydrogen) atoms. The van der Waals surface area contributed by atoms with E-state index in [0.29, 0.717) is 36.6 Å². The van der Waals surface area contributed by atoms with Crippen LogP contribution in [0.1, 0.15) is 38.1 Å². The number of nitrogens with zero attached hydrogens (tertiary/aromatic N) is 3. The Morgan fingerprint density at radius 1 is 1.00 bits per heavy atom. The molecule has 8 nitrogen and oxygen atoms in total. The summed E-state index contributed by atoms with van der Waals surface area (Å²) in [6.45, 7) is 7.45. The number of likely N-dealkylation sites (tertiary alicyclic amines) is 1. The molecule has 204 valence electrons. The van der Waals surface area contributed by atoms with Crippen LogP contribution >= 0.6 is 0 Å². The molecule has 3 aromatic rings. The van der Waals surface area contributed by atoms with Crippen molar-refractivity contribution >= 4 is 5.91 Å². The van der Waals surface area contributed by atoms with Gasteiger partial charge in [-0.3, -0.25) is 9.69 Å². The molecule has 0 spiro atoms. The summed E-state index contributed by atoms with van der Waals surface area (Å²) in [5.74, 6) is 3.15. The molecule has 0 radical (unpaired) electrons. The third kappa shape index (κ3) is 7.74. The minimum Gasteiger partial charge on any atom is -0.496 e. The van der Waals surface area contributed by atoms with E-state index in [2.05, 4.69) is 30.1 Å². The van der Waals surface area contributed by atoms with Crippen LogP contribution in [0.25, 0.3) is 5.69 Å². The number of ether oxygens (including phenoxy) is 3. The number of hydrogen-bond donors (Lipinski definition) is 1. The number of carbonyl (C=O) groups is 1. The molecule has 1 N–H and O–H groups in total. The SMILES string of the molecule is COc1cc(OC)cc(OCC2CCN(CNC(=O)Cc3cc(CC(C)C)n(-c4ccccc4)n3)CC2)c1. The molecule has 0 aliphatic carbocycles. The van der Waals surface area contributed by atoms with Crippen molar-refractivity contribution in [3.05, 3.63) is 66.0 Å². The summed E-state index contributed by atoms with van der Waals surface area (Å²) in [7, 11) is 3.27. The molecule has 1 aliphatic rings. The highest BCUT2D eigenvalue weighted by Gasteiger charge is 2.21. The normalized spacial score (nSPS) is 14.4. The first-order chi connectivity index (χ1) is 18.4. The van der Waals surface area contributed by atoms with Gasteiger partial charge in [-0.05, 0) is 49.3 Å². The second-order valence-electron chi connectivity index (χ2n) is 10.3. The highest BCUT2D eigenvalue weighted by Crippen LogP contribution is 2.28. The van der Waals surface area contributed by atoms with Crippen molar-refractivity contribution in [2.75, 3.05) is 40.6 Å². The number of para-hydroxylation sites is 1. The molecular weight excluding hydrogens is 480 g/mol. The number of methoxy groups -OCH3 is 2. The van der Waals surface area contributed by atoms with Gasteiger partial charge in [0.1, 0.15) is 17.2 Å². The lowest BCUT2D eigenvalue weighted by Crippen LogP contribution is -2.43. The summed E-state index contributed by atoms with van der Waals surface area (Å²) in [5, 5.41) is 7.84. The van der Waals surface area contributed by atoms with Gasteiger partial charge in [0, 0.05) is 37.0 Å². The monoisotopic (exact) mass is 520 g/mol. The van der Waals surface area contributed by atoms with Crippen LogP contribution in [-0.4, -0.2) is 61.2 Å². The molecule has 0 unspecified atom stereocenters. The number of carbonyl (C=O) groups excluding carboxylic acids is 1. The van der Waals surface area contributed by atoms with E-state index in [4.69, 9.17) is 19.3 Å². The Balaban J connectivity index is 1.22. The topological polar surface area (TPSA) is 77.9 Å². The molecule has 0 bridgehead atoms. The third-order valence-corrected chi connectivity index (χ3v) is 6.81. The molecule has 1 fully saturated rings.